The van der Waals surface area contributed by atoms with Crippen LogP contribution in [0.4, 0.5) is 8.78 Å². The van der Waals surface area contributed by atoms with Crippen LogP contribution < -0.4 is 0 Å². The van der Waals surface area contributed by atoms with Gasteiger partial charge in [0.25, 0.3) is 0 Å². The molecule has 0 saturated carbocycles. The molecule has 0 bridgehead atoms. The van der Waals surface area contributed by atoms with Crippen molar-refractivity contribution in [3.05, 3.63) is 0 Å². The predicted molar refractivity (Wildman–Crippen MR) is 45.3 cm³/mol. The summed E-state index contributed by atoms with van der Waals surface area (Å²) in [5.74, 6) is -6.01. The van der Waals surface area contributed by atoms with E-state index >= 15 is 0 Å². The van der Waals surface area contributed by atoms with E-state index in [1.54, 1.807) is 0 Å². The van der Waals surface area contributed by atoms with Crippen LogP contribution in [0.15, 0.2) is 0 Å². The molecule has 6 heteroatoms. The Morgan fingerprint density at radius 2 is 2.20 bits per heavy atom. The van der Waals surface area contributed by atoms with Gasteiger partial charge in [0.2, 0.25) is 0 Å². The van der Waals surface area contributed by atoms with Crippen molar-refractivity contribution < 1.29 is 27.8 Å². The summed E-state index contributed by atoms with van der Waals surface area (Å²) in [6.45, 7) is 0.673. The largest absolute Gasteiger partial charge is 0.463 e. The molecule has 1 heterocycles. The Bertz CT molecular complexity index is 259. The minimum atomic E-state index is -3.58. The van der Waals surface area contributed by atoms with Crippen LogP contribution in [0.25, 0.3) is 0 Å². The van der Waals surface area contributed by atoms with E-state index in [1.165, 1.54) is 0 Å². The fraction of sp³-hybridized carbons (Fsp3) is 0.778. The van der Waals surface area contributed by atoms with Gasteiger partial charge in [-0.1, -0.05) is 0 Å². The molecule has 1 rings (SSSR count). The maximum atomic E-state index is 12.5. The van der Waals surface area contributed by atoms with E-state index in [0.717, 1.165) is 0 Å². The molecule has 0 aromatic rings. The highest BCUT2D eigenvalue weighted by Crippen LogP contribution is 2.18. The van der Waals surface area contributed by atoms with E-state index in [9.17, 15) is 18.4 Å². The number of alkyl halides is 2. The summed E-state index contributed by atoms with van der Waals surface area (Å²) in [4.78, 5) is 21.9. The molecule has 0 spiro atoms. The highest BCUT2D eigenvalue weighted by atomic mass is 19.3. The Kier molecular flexibility index (Phi) is 3.60. The van der Waals surface area contributed by atoms with Crippen LogP contribution in [-0.4, -0.2) is 30.6 Å². The lowest BCUT2D eigenvalue weighted by Crippen LogP contribution is -2.35. The third kappa shape index (κ3) is 3.45. The first-order valence-electron chi connectivity index (χ1n) is 4.67. The van der Waals surface area contributed by atoms with Crippen molar-refractivity contribution in [3.63, 3.8) is 0 Å². The lowest BCUT2D eigenvalue weighted by molar-refractivity contribution is -0.183. The third-order valence-electron chi connectivity index (χ3n) is 1.98. The Morgan fingerprint density at radius 3 is 2.80 bits per heavy atom. The molecule has 1 aliphatic heterocycles. The second kappa shape index (κ2) is 4.55. The van der Waals surface area contributed by atoms with Crippen LogP contribution in [0.2, 0.25) is 0 Å². The summed E-state index contributed by atoms with van der Waals surface area (Å²) in [6, 6.07) is 0. The van der Waals surface area contributed by atoms with Gasteiger partial charge in [0, 0.05) is 6.92 Å². The maximum Gasteiger partial charge on any atom is 0.377 e. The minimum Gasteiger partial charge on any atom is -0.463 e. The Balaban J connectivity index is 2.56. The standard InChI is InChI=1S/C9H12F2O4/c1-9(10,11)8(13)15-6-4-2-3-5-14-7(6)12/h6H,2-5H2,1H3. The molecule has 0 N–H and O–H groups in total. The summed E-state index contributed by atoms with van der Waals surface area (Å²) < 4.78 is 34.0. The first-order valence-corrected chi connectivity index (χ1v) is 4.67. The van der Waals surface area contributed by atoms with Gasteiger partial charge in [-0.15, -0.1) is 0 Å². The number of carbonyl (C=O) groups excluding carboxylic acids is 2. The number of halogens is 2. The van der Waals surface area contributed by atoms with Gasteiger partial charge in [-0.3, -0.25) is 0 Å². The summed E-state index contributed by atoms with van der Waals surface area (Å²) in [6.07, 6.45) is 0.313. The molecule has 4 nitrogen and oxygen atoms in total. The Labute approximate surface area is 85.5 Å². The van der Waals surface area contributed by atoms with Crippen LogP contribution >= 0.6 is 0 Å². The highest BCUT2D eigenvalue weighted by Gasteiger charge is 2.38. The normalized spacial score (nSPS) is 22.9. The molecule has 86 valence electrons. The van der Waals surface area contributed by atoms with Gasteiger partial charge in [0.1, 0.15) is 0 Å². The van der Waals surface area contributed by atoms with Crippen molar-refractivity contribution in [1.82, 2.24) is 0 Å². The second-order valence-electron chi connectivity index (χ2n) is 3.45. The number of hydrogen-bond donors (Lipinski definition) is 0. The van der Waals surface area contributed by atoms with E-state index in [4.69, 9.17) is 0 Å². The van der Waals surface area contributed by atoms with Gasteiger partial charge < -0.3 is 9.47 Å². The van der Waals surface area contributed by atoms with Gasteiger partial charge in [0.15, 0.2) is 6.10 Å². The molecule has 0 amide bonds. The number of cyclic esters (lactones) is 1. The number of ether oxygens (including phenoxy) is 2. The molecular formula is C9H12F2O4. The molecular weight excluding hydrogens is 210 g/mol. The fourth-order valence-corrected chi connectivity index (χ4v) is 1.16. The topological polar surface area (TPSA) is 52.6 Å². The van der Waals surface area contributed by atoms with Gasteiger partial charge in [-0.2, -0.15) is 8.78 Å². The summed E-state index contributed by atoms with van der Waals surface area (Å²) in [5, 5.41) is 0. The summed E-state index contributed by atoms with van der Waals surface area (Å²) in [7, 11) is 0. The molecule has 0 radical (unpaired) electrons. The van der Waals surface area contributed by atoms with Crippen molar-refractivity contribution in [2.45, 2.75) is 38.2 Å². The SMILES string of the molecule is CC(F)(F)C(=O)OC1CCCCOC1=O. The molecule has 0 aromatic heterocycles. The number of hydrogen-bond acceptors (Lipinski definition) is 4. The highest BCUT2D eigenvalue weighted by molar-refractivity contribution is 5.82. The van der Waals surface area contributed by atoms with Crippen LogP contribution in [-0.2, 0) is 19.1 Å². The zero-order valence-electron chi connectivity index (χ0n) is 8.29. The van der Waals surface area contributed by atoms with Crippen LogP contribution in [0, 0.1) is 0 Å². The average Bonchev–Trinajstić information content (AvgIpc) is 2.30. The fourth-order valence-electron chi connectivity index (χ4n) is 1.16. The van der Waals surface area contributed by atoms with Crippen molar-refractivity contribution in [2.24, 2.45) is 0 Å². The van der Waals surface area contributed by atoms with Gasteiger partial charge in [-0.05, 0) is 19.3 Å². The third-order valence-corrected chi connectivity index (χ3v) is 1.98. The van der Waals surface area contributed by atoms with Crippen LogP contribution in [0.1, 0.15) is 26.2 Å². The smallest absolute Gasteiger partial charge is 0.377 e. The molecule has 1 atom stereocenters. The summed E-state index contributed by atoms with van der Waals surface area (Å²) >= 11 is 0. The number of rotatable bonds is 2. The molecule has 1 aliphatic rings. The molecule has 1 fully saturated rings. The molecule has 1 saturated heterocycles. The lowest BCUT2D eigenvalue weighted by Gasteiger charge is -2.16. The van der Waals surface area contributed by atoms with Crippen molar-refractivity contribution in [2.75, 3.05) is 6.61 Å². The Morgan fingerprint density at radius 1 is 1.53 bits per heavy atom. The van der Waals surface area contributed by atoms with Gasteiger partial charge >= 0.3 is 17.9 Å². The average molecular weight is 222 g/mol. The quantitative estimate of drug-likeness (QED) is 0.660. The number of esters is 2. The van der Waals surface area contributed by atoms with Gasteiger partial charge in [-0.25, -0.2) is 9.59 Å². The van der Waals surface area contributed by atoms with Crippen LogP contribution in [0.5, 0.6) is 0 Å². The minimum absolute atomic E-state index is 0.237. The molecule has 0 aliphatic carbocycles. The van der Waals surface area contributed by atoms with E-state index in [0.29, 0.717) is 19.8 Å². The van der Waals surface area contributed by atoms with Crippen molar-refractivity contribution in [3.8, 4) is 0 Å². The van der Waals surface area contributed by atoms with Gasteiger partial charge in [0.05, 0.1) is 6.61 Å². The molecule has 0 aromatic carbocycles. The number of carbonyl (C=O) groups is 2. The van der Waals surface area contributed by atoms with Crippen molar-refractivity contribution in [1.29, 1.82) is 0 Å². The maximum absolute atomic E-state index is 12.5. The second-order valence-corrected chi connectivity index (χ2v) is 3.45. The van der Waals surface area contributed by atoms with E-state index < -0.39 is 24.0 Å². The predicted octanol–water partition coefficient (Wildman–Crippen LogP) is 1.28. The van der Waals surface area contributed by atoms with E-state index in [-0.39, 0.29) is 13.0 Å². The van der Waals surface area contributed by atoms with E-state index in [2.05, 4.69) is 9.47 Å². The molecule has 1 unspecified atom stereocenters. The first kappa shape index (κ1) is 11.9. The van der Waals surface area contributed by atoms with Crippen LogP contribution in [0.3, 0.4) is 0 Å². The Hall–Kier alpha value is -1.20. The zero-order chi connectivity index (χ0) is 11.5. The van der Waals surface area contributed by atoms with Crippen molar-refractivity contribution >= 4 is 11.9 Å². The zero-order valence-corrected chi connectivity index (χ0v) is 8.29. The lowest BCUT2D eigenvalue weighted by atomic mass is 10.2. The van der Waals surface area contributed by atoms with E-state index in [1.807, 2.05) is 0 Å². The monoisotopic (exact) mass is 222 g/mol. The summed E-state index contributed by atoms with van der Waals surface area (Å²) in [5.41, 5.74) is 0. The first-order chi connectivity index (χ1) is 6.91. The molecule has 15 heavy (non-hydrogen) atoms.